The summed E-state index contributed by atoms with van der Waals surface area (Å²) in [5.41, 5.74) is -0.0338. The van der Waals surface area contributed by atoms with Crippen LogP contribution in [0.15, 0.2) is 28.6 Å². The van der Waals surface area contributed by atoms with Gasteiger partial charge in [-0.05, 0) is 49.7 Å². The van der Waals surface area contributed by atoms with Crippen LogP contribution < -0.4 is 0 Å². The third-order valence-electron chi connectivity index (χ3n) is 6.95. The fraction of sp³-hybridized carbons (Fsp3) is 0.609. The monoisotopic (exact) mass is 447 g/mol. The standard InChI is InChI=1S/C23H29NO4S2/c25-20(26)15-23(16-9-3-1-4-10-16,17-11-5-2-6-12-17)21(27)28-30-22-24-18-13-7-8-14-19(18)29-22/h7-8,13-14,16-17H,1-6,9-12,15H2,(H,25,26). The van der Waals surface area contributed by atoms with Crippen molar-refractivity contribution in [1.29, 1.82) is 0 Å². The van der Waals surface area contributed by atoms with Crippen LogP contribution in [-0.4, -0.2) is 22.0 Å². The summed E-state index contributed by atoms with van der Waals surface area (Å²) in [4.78, 5) is 30.2. The summed E-state index contributed by atoms with van der Waals surface area (Å²) in [6.45, 7) is 0. The number of benzene rings is 1. The largest absolute Gasteiger partial charge is 0.481 e. The second-order valence-corrected chi connectivity index (χ2v) is 10.7. The number of fused-ring (bicyclic) bond motifs is 1. The second kappa shape index (κ2) is 9.69. The summed E-state index contributed by atoms with van der Waals surface area (Å²) in [7, 11) is 0. The van der Waals surface area contributed by atoms with Crippen molar-refractivity contribution in [2.24, 2.45) is 17.3 Å². The number of hydrogen-bond donors (Lipinski definition) is 1. The van der Waals surface area contributed by atoms with Crippen LogP contribution in [0.4, 0.5) is 0 Å². The molecular formula is C23H29NO4S2. The molecule has 4 rings (SSSR count). The van der Waals surface area contributed by atoms with Gasteiger partial charge in [0.2, 0.25) is 0 Å². The number of thiazole rings is 1. The Balaban J connectivity index is 1.60. The molecule has 0 amide bonds. The van der Waals surface area contributed by atoms with Crippen LogP contribution in [-0.2, 0) is 13.8 Å². The topological polar surface area (TPSA) is 76.5 Å². The van der Waals surface area contributed by atoms with E-state index in [0.29, 0.717) is 4.34 Å². The van der Waals surface area contributed by atoms with E-state index in [0.717, 1.165) is 73.6 Å². The fourth-order valence-electron chi connectivity index (χ4n) is 5.55. The van der Waals surface area contributed by atoms with E-state index in [4.69, 9.17) is 4.18 Å². The van der Waals surface area contributed by atoms with Gasteiger partial charge in [0.05, 0.1) is 22.1 Å². The quantitative estimate of drug-likeness (QED) is 0.490. The lowest BCUT2D eigenvalue weighted by molar-refractivity contribution is -0.164. The molecule has 1 heterocycles. The number of para-hydroxylation sites is 1. The van der Waals surface area contributed by atoms with Crippen LogP contribution in [0.5, 0.6) is 0 Å². The van der Waals surface area contributed by atoms with Crippen molar-refractivity contribution in [2.45, 2.75) is 75.0 Å². The number of carboxylic acid groups (broad SMARTS) is 1. The van der Waals surface area contributed by atoms with Gasteiger partial charge in [0.1, 0.15) is 12.0 Å². The highest BCUT2D eigenvalue weighted by Gasteiger charge is 2.54. The molecule has 0 unspecified atom stereocenters. The lowest BCUT2D eigenvalue weighted by Gasteiger charge is -2.46. The molecule has 30 heavy (non-hydrogen) atoms. The molecule has 0 aliphatic heterocycles. The Kier molecular flexibility index (Phi) is 6.98. The third kappa shape index (κ3) is 4.52. The minimum Gasteiger partial charge on any atom is -0.481 e. The van der Waals surface area contributed by atoms with Crippen LogP contribution in [0.1, 0.15) is 70.6 Å². The molecular weight excluding hydrogens is 418 g/mol. The lowest BCUT2D eigenvalue weighted by Crippen LogP contribution is -2.48. The Morgan fingerprint density at radius 1 is 1.03 bits per heavy atom. The number of carbonyl (C=O) groups is 2. The molecule has 2 saturated carbocycles. The Bertz CT molecular complexity index is 833. The van der Waals surface area contributed by atoms with Gasteiger partial charge >= 0.3 is 11.9 Å². The number of nitrogens with zero attached hydrogens (tertiary/aromatic N) is 1. The molecule has 0 atom stereocenters. The first-order valence-corrected chi connectivity index (χ1v) is 12.6. The number of carboxylic acids is 1. The van der Waals surface area contributed by atoms with Gasteiger partial charge in [-0.1, -0.05) is 50.7 Å². The normalized spacial score (nSPS) is 19.1. The van der Waals surface area contributed by atoms with Gasteiger partial charge in [0.25, 0.3) is 0 Å². The molecule has 0 saturated heterocycles. The van der Waals surface area contributed by atoms with E-state index in [2.05, 4.69) is 4.98 Å². The summed E-state index contributed by atoms with van der Waals surface area (Å²) in [5.74, 6) is -1.05. The Morgan fingerprint density at radius 3 is 2.20 bits per heavy atom. The van der Waals surface area contributed by atoms with Crippen molar-refractivity contribution in [2.75, 3.05) is 0 Å². The smallest absolute Gasteiger partial charge is 0.325 e. The number of aliphatic carboxylic acids is 1. The van der Waals surface area contributed by atoms with Crippen molar-refractivity contribution in [3.05, 3.63) is 24.3 Å². The fourth-order valence-corrected chi connectivity index (χ4v) is 7.19. The molecule has 7 heteroatoms. The van der Waals surface area contributed by atoms with Crippen LogP contribution in [0.25, 0.3) is 10.2 Å². The van der Waals surface area contributed by atoms with E-state index in [9.17, 15) is 14.7 Å². The summed E-state index contributed by atoms with van der Waals surface area (Å²) in [5, 5.41) is 9.81. The maximum absolute atomic E-state index is 13.7. The molecule has 2 aromatic rings. The molecule has 5 nitrogen and oxygen atoms in total. The SMILES string of the molecule is O=C(O)CC(C(=O)OSc1nc2ccccc2s1)(C1CCCCC1)C1CCCCC1. The highest BCUT2D eigenvalue weighted by Crippen LogP contribution is 2.52. The van der Waals surface area contributed by atoms with Crippen molar-refractivity contribution in [1.82, 2.24) is 4.98 Å². The molecule has 2 fully saturated rings. The van der Waals surface area contributed by atoms with Crippen molar-refractivity contribution in [3.63, 3.8) is 0 Å². The van der Waals surface area contributed by atoms with Gasteiger partial charge < -0.3 is 9.29 Å². The highest BCUT2D eigenvalue weighted by atomic mass is 32.2. The molecule has 0 bridgehead atoms. The first-order chi connectivity index (χ1) is 14.6. The van der Waals surface area contributed by atoms with Gasteiger partial charge in [-0.15, -0.1) is 11.3 Å². The average molecular weight is 448 g/mol. The first kappa shape index (κ1) is 21.6. The number of aromatic nitrogens is 1. The van der Waals surface area contributed by atoms with Crippen LogP contribution >= 0.6 is 23.4 Å². The van der Waals surface area contributed by atoms with E-state index in [1.807, 2.05) is 24.3 Å². The third-order valence-corrected chi connectivity index (χ3v) is 8.71. The molecule has 162 valence electrons. The summed E-state index contributed by atoms with van der Waals surface area (Å²) >= 11 is 2.49. The zero-order chi connectivity index (χ0) is 21.0. The summed E-state index contributed by atoms with van der Waals surface area (Å²) in [6.07, 6.45) is 10.2. The van der Waals surface area contributed by atoms with Gasteiger partial charge in [-0.2, -0.15) is 0 Å². The Hall–Kier alpha value is -1.60. The van der Waals surface area contributed by atoms with Crippen LogP contribution in [0.2, 0.25) is 0 Å². The number of carbonyl (C=O) groups excluding carboxylic acids is 1. The van der Waals surface area contributed by atoms with Crippen LogP contribution in [0.3, 0.4) is 0 Å². The lowest BCUT2D eigenvalue weighted by atomic mass is 9.57. The van der Waals surface area contributed by atoms with Gasteiger partial charge in [-0.3, -0.25) is 9.59 Å². The highest BCUT2D eigenvalue weighted by molar-refractivity contribution is 7.97. The molecule has 1 aromatic carbocycles. The molecule has 1 N–H and O–H groups in total. The van der Waals surface area contributed by atoms with E-state index < -0.39 is 11.4 Å². The zero-order valence-electron chi connectivity index (χ0n) is 17.2. The number of hydrogen-bond acceptors (Lipinski definition) is 6. The zero-order valence-corrected chi connectivity index (χ0v) is 18.8. The molecule has 1 aromatic heterocycles. The molecule has 2 aliphatic carbocycles. The summed E-state index contributed by atoms with van der Waals surface area (Å²) in [6, 6.07) is 7.84. The number of rotatable bonds is 7. The minimum absolute atomic E-state index is 0.0916. The molecule has 0 radical (unpaired) electrons. The van der Waals surface area contributed by atoms with E-state index in [1.165, 1.54) is 24.2 Å². The van der Waals surface area contributed by atoms with Gasteiger partial charge in [0, 0.05) is 0 Å². The predicted molar refractivity (Wildman–Crippen MR) is 119 cm³/mol. The van der Waals surface area contributed by atoms with Crippen molar-refractivity contribution in [3.8, 4) is 0 Å². The maximum Gasteiger partial charge on any atom is 0.325 e. The second-order valence-electron chi connectivity index (χ2n) is 8.68. The van der Waals surface area contributed by atoms with E-state index in [1.54, 1.807) is 0 Å². The minimum atomic E-state index is -0.920. The summed E-state index contributed by atoms with van der Waals surface area (Å²) < 4.78 is 7.52. The van der Waals surface area contributed by atoms with Crippen molar-refractivity contribution >= 4 is 45.5 Å². The van der Waals surface area contributed by atoms with E-state index in [-0.39, 0.29) is 24.2 Å². The predicted octanol–water partition coefficient (Wildman–Crippen LogP) is 6.47. The van der Waals surface area contributed by atoms with Gasteiger partial charge in [0.15, 0.2) is 4.34 Å². The maximum atomic E-state index is 13.7. The van der Waals surface area contributed by atoms with Crippen molar-refractivity contribution < 1.29 is 18.9 Å². The Morgan fingerprint density at radius 2 is 1.63 bits per heavy atom. The Labute approximate surface area is 185 Å². The average Bonchev–Trinajstić information content (AvgIpc) is 3.20. The molecule has 0 spiro atoms. The first-order valence-electron chi connectivity index (χ1n) is 11.1. The molecule has 2 aliphatic rings. The van der Waals surface area contributed by atoms with Gasteiger partial charge in [-0.25, -0.2) is 4.98 Å². The van der Waals surface area contributed by atoms with E-state index >= 15 is 0 Å². The van der Waals surface area contributed by atoms with Crippen LogP contribution in [0, 0.1) is 17.3 Å².